The molecule has 19 heavy (non-hydrogen) atoms. The van der Waals surface area contributed by atoms with Gasteiger partial charge in [0, 0.05) is 4.47 Å². The van der Waals surface area contributed by atoms with E-state index in [1.165, 1.54) is 11.1 Å². The third-order valence-electron chi connectivity index (χ3n) is 3.18. The maximum Gasteiger partial charge on any atom is 0.178 e. The second kappa shape index (κ2) is 4.94. The average molecular weight is 333 g/mol. The van der Waals surface area contributed by atoms with Crippen LogP contribution in [0, 0.1) is 11.7 Å². The maximum absolute atomic E-state index is 5.42. The predicted molar refractivity (Wildman–Crippen MR) is 85.1 cm³/mol. The van der Waals surface area contributed by atoms with Gasteiger partial charge < -0.3 is 9.55 Å². The number of rotatable bonds is 2. The standard InChI is InChI=1S/C15H13BrN2S/c1-10-2-7-13-14(8-10)18(15(19)17-13)9-11-3-5-12(16)6-4-11/h2-8H,9H2,1H3,(H,17,19). The minimum Gasteiger partial charge on any atom is -0.331 e. The van der Waals surface area contributed by atoms with Crippen molar-refractivity contribution in [2.24, 2.45) is 0 Å². The quantitative estimate of drug-likeness (QED) is 0.667. The molecular formula is C15H13BrN2S. The SMILES string of the molecule is Cc1ccc2[nH]c(=S)n(Cc3ccc(Br)cc3)c2c1. The first kappa shape index (κ1) is 12.6. The van der Waals surface area contributed by atoms with Crippen LogP contribution >= 0.6 is 28.1 Å². The molecule has 0 aliphatic carbocycles. The van der Waals surface area contributed by atoms with E-state index < -0.39 is 0 Å². The number of imidazole rings is 1. The van der Waals surface area contributed by atoms with Crippen LogP contribution in [0.5, 0.6) is 0 Å². The highest BCUT2D eigenvalue weighted by atomic mass is 79.9. The summed E-state index contributed by atoms with van der Waals surface area (Å²) >= 11 is 8.87. The molecule has 96 valence electrons. The Labute approximate surface area is 125 Å². The number of aromatic amines is 1. The first-order valence-electron chi connectivity index (χ1n) is 6.07. The summed E-state index contributed by atoms with van der Waals surface area (Å²) in [5.74, 6) is 0. The molecule has 0 saturated carbocycles. The third kappa shape index (κ3) is 2.51. The van der Waals surface area contributed by atoms with E-state index in [-0.39, 0.29) is 0 Å². The molecule has 1 N–H and O–H groups in total. The smallest absolute Gasteiger partial charge is 0.178 e. The van der Waals surface area contributed by atoms with Crippen molar-refractivity contribution in [3.8, 4) is 0 Å². The molecule has 1 heterocycles. The topological polar surface area (TPSA) is 20.7 Å². The summed E-state index contributed by atoms with van der Waals surface area (Å²) in [6.45, 7) is 2.88. The first-order valence-corrected chi connectivity index (χ1v) is 7.27. The summed E-state index contributed by atoms with van der Waals surface area (Å²) in [6.07, 6.45) is 0. The van der Waals surface area contributed by atoms with Crippen molar-refractivity contribution in [2.45, 2.75) is 13.5 Å². The van der Waals surface area contributed by atoms with E-state index in [9.17, 15) is 0 Å². The lowest BCUT2D eigenvalue weighted by molar-refractivity contribution is 0.810. The number of halogens is 1. The number of hydrogen-bond donors (Lipinski definition) is 1. The highest BCUT2D eigenvalue weighted by Crippen LogP contribution is 2.18. The molecule has 3 rings (SSSR count). The van der Waals surface area contributed by atoms with E-state index in [4.69, 9.17) is 12.2 Å². The van der Waals surface area contributed by atoms with E-state index in [0.29, 0.717) is 0 Å². The second-order valence-electron chi connectivity index (χ2n) is 4.66. The second-order valence-corrected chi connectivity index (χ2v) is 5.97. The zero-order valence-corrected chi connectivity index (χ0v) is 12.9. The van der Waals surface area contributed by atoms with Gasteiger partial charge in [0.2, 0.25) is 0 Å². The van der Waals surface area contributed by atoms with Crippen LogP contribution in [0.15, 0.2) is 46.9 Å². The molecule has 0 spiro atoms. The van der Waals surface area contributed by atoms with Gasteiger partial charge in [0.1, 0.15) is 0 Å². The van der Waals surface area contributed by atoms with Gasteiger partial charge in [0.05, 0.1) is 17.6 Å². The number of fused-ring (bicyclic) bond motifs is 1. The molecule has 0 aliphatic rings. The summed E-state index contributed by atoms with van der Waals surface area (Å²) in [4.78, 5) is 3.25. The lowest BCUT2D eigenvalue weighted by Crippen LogP contribution is -1.99. The number of nitrogens with zero attached hydrogens (tertiary/aromatic N) is 1. The van der Waals surface area contributed by atoms with E-state index >= 15 is 0 Å². The van der Waals surface area contributed by atoms with Gasteiger partial charge in [-0.1, -0.05) is 34.1 Å². The lowest BCUT2D eigenvalue weighted by atomic mass is 10.2. The highest BCUT2D eigenvalue weighted by Gasteiger charge is 2.05. The first-order chi connectivity index (χ1) is 9.13. The van der Waals surface area contributed by atoms with Gasteiger partial charge in [0.15, 0.2) is 4.77 Å². The van der Waals surface area contributed by atoms with Crippen molar-refractivity contribution in [1.82, 2.24) is 9.55 Å². The van der Waals surface area contributed by atoms with Crippen LogP contribution < -0.4 is 0 Å². The van der Waals surface area contributed by atoms with Gasteiger partial charge in [-0.25, -0.2) is 0 Å². The van der Waals surface area contributed by atoms with Crippen molar-refractivity contribution in [3.63, 3.8) is 0 Å². The number of benzene rings is 2. The van der Waals surface area contributed by atoms with Crippen molar-refractivity contribution >= 4 is 39.2 Å². The van der Waals surface area contributed by atoms with Crippen LogP contribution in [0.25, 0.3) is 11.0 Å². The van der Waals surface area contributed by atoms with Gasteiger partial charge in [-0.15, -0.1) is 0 Å². The summed E-state index contributed by atoms with van der Waals surface area (Å²) in [5, 5.41) is 0. The molecule has 0 aliphatic heterocycles. The molecule has 0 unspecified atom stereocenters. The minimum atomic E-state index is 0.767. The van der Waals surface area contributed by atoms with Crippen LogP contribution in [-0.4, -0.2) is 9.55 Å². The number of H-pyrrole nitrogens is 1. The lowest BCUT2D eigenvalue weighted by Gasteiger charge is -2.05. The molecule has 0 radical (unpaired) electrons. The fourth-order valence-corrected chi connectivity index (χ4v) is 2.73. The fraction of sp³-hybridized carbons (Fsp3) is 0.133. The Balaban J connectivity index is 2.09. The Hall–Kier alpha value is -1.39. The van der Waals surface area contributed by atoms with Crippen molar-refractivity contribution in [3.05, 3.63) is 62.8 Å². The van der Waals surface area contributed by atoms with Crippen LogP contribution in [0.2, 0.25) is 0 Å². The van der Waals surface area contributed by atoms with Crippen LogP contribution in [-0.2, 0) is 6.54 Å². The molecule has 2 nitrogen and oxygen atoms in total. The maximum atomic E-state index is 5.42. The summed E-state index contributed by atoms with van der Waals surface area (Å²) in [6, 6.07) is 14.7. The van der Waals surface area contributed by atoms with Gasteiger partial charge in [-0.05, 0) is 54.5 Å². The normalized spacial score (nSPS) is 11.1. The van der Waals surface area contributed by atoms with Crippen molar-refractivity contribution in [1.29, 1.82) is 0 Å². The Kier molecular flexibility index (Phi) is 3.29. The minimum absolute atomic E-state index is 0.767. The number of aromatic nitrogens is 2. The van der Waals surface area contributed by atoms with Crippen LogP contribution in [0.4, 0.5) is 0 Å². The Morgan fingerprint density at radius 1 is 1.16 bits per heavy atom. The van der Waals surface area contributed by atoms with Crippen LogP contribution in [0.3, 0.4) is 0 Å². The average Bonchev–Trinajstić information content (AvgIpc) is 2.69. The summed E-state index contributed by atoms with van der Waals surface area (Å²) in [7, 11) is 0. The monoisotopic (exact) mass is 332 g/mol. The van der Waals surface area contributed by atoms with Crippen molar-refractivity contribution in [2.75, 3.05) is 0 Å². The molecule has 0 amide bonds. The van der Waals surface area contributed by atoms with Gasteiger partial charge in [-0.3, -0.25) is 0 Å². The largest absolute Gasteiger partial charge is 0.331 e. The Bertz CT molecular complexity index is 784. The van der Waals surface area contributed by atoms with E-state index in [1.807, 2.05) is 0 Å². The van der Waals surface area contributed by atoms with Gasteiger partial charge in [-0.2, -0.15) is 0 Å². The molecule has 4 heteroatoms. The molecule has 0 atom stereocenters. The fourth-order valence-electron chi connectivity index (χ4n) is 2.19. The van der Waals surface area contributed by atoms with E-state index in [1.54, 1.807) is 0 Å². The predicted octanol–water partition coefficient (Wildman–Crippen LogP) is 4.82. The van der Waals surface area contributed by atoms with Crippen LogP contribution in [0.1, 0.15) is 11.1 Å². The molecule has 0 saturated heterocycles. The third-order valence-corrected chi connectivity index (χ3v) is 4.04. The molecule has 3 aromatic rings. The number of hydrogen-bond acceptors (Lipinski definition) is 1. The molecule has 0 fully saturated rings. The van der Waals surface area contributed by atoms with Gasteiger partial charge >= 0.3 is 0 Å². The van der Waals surface area contributed by atoms with Crippen molar-refractivity contribution < 1.29 is 0 Å². The molecule has 2 aromatic carbocycles. The highest BCUT2D eigenvalue weighted by molar-refractivity contribution is 9.10. The molecule has 1 aromatic heterocycles. The summed E-state index contributed by atoms with van der Waals surface area (Å²) < 4.78 is 4.00. The molecule has 0 bridgehead atoms. The van der Waals surface area contributed by atoms with E-state index in [0.717, 1.165) is 26.8 Å². The number of aryl methyl sites for hydroxylation is 1. The summed E-state index contributed by atoms with van der Waals surface area (Å²) in [5.41, 5.74) is 4.73. The zero-order valence-electron chi connectivity index (χ0n) is 10.5. The molecular weight excluding hydrogens is 320 g/mol. The zero-order chi connectivity index (χ0) is 13.4. The Morgan fingerprint density at radius 3 is 2.63 bits per heavy atom. The number of nitrogens with one attached hydrogen (secondary N) is 1. The van der Waals surface area contributed by atoms with Gasteiger partial charge in [0.25, 0.3) is 0 Å². The Morgan fingerprint density at radius 2 is 1.89 bits per heavy atom. The van der Waals surface area contributed by atoms with E-state index in [2.05, 4.69) is 74.9 Å².